The number of hydrogen-bond acceptors (Lipinski definition) is 4. The molecule has 2 aliphatic rings. The predicted molar refractivity (Wildman–Crippen MR) is 96.2 cm³/mol. The summed E-state index contributed by atoms with van der Waals surface area (Å²) in [6.45, 7) is 7.07. The molecule has 132 valence electrons. The highest BCUT2D eigenvalue weighted by Gasteiger charge is 2.30. The standard InChI is InChI=1S/C18H27N3O2S/c1-13-3-6-16(24-13)7-8-17(22)21-11-9-20(10-12-21)14(2)18(23)19-15-4-5-15/h3,6,14-15H,4-5,7-12H2,1-2H3,(H,19,23). The highest BCUT2D eigenvalue weighted by molar-refractivity contribution is 7.11. The van der Waals surface area contributed by atoms with Crippen molar-refractivity contribution in [3.05, 3.63) is 21.9 Å². The lowest BCUT2D eigenvalue weighted by atomic mass is 10.2. The first-order valence-corrected chi connectivity index (χ1v) is 9.72. The summed E-state index contributed by atoms with van der Waals surface area (Å²) >= 11 is 1.77. The number of piperazine rings is 1. The highest BCUT2D eigenvalue weighted by Crippen LogP contribution is 2.20. The van der Waals surface area contributed by atoms with E-state index in [-0.39, 0.29) is 17.9 Å². The lowest BCUT2D eigenvalue weighted by Crippen LogP contribution is -2.55. The van der Waals surface area contributed by atoms with Crippen LogP contribution in [0.3, 0.4) is 0 Å². The number of nitrogens with one attached hydrogen (secondary N) is 1. The van der Waals surface area contributed by atoms with Crippen molar-refractivity contribution < 1.29 is 9.59 Å². The number of thiophene rings is 1. The summed E-state index contributed by atoms with van der Waals surface area (Å²) in [5.41, 5.74) is 0. The van der Waals surface area contributed by atoms with Crippen LogP contribution in [0.2, 0.25) is 0 Å². The molecular weight excluding hydrogens is 322 g/mol. The van der Waals surface area contributed by atoms with E-state index in [2.05, 4.69) is 29.3 Å². The van der Waals surface area contributed by atoms with Gasteiger partial charge in [-0.25, -0.2) is 0 Å². The molecule has 5 nitrogen and oxygen atoms in total. The van der Waals surface area contributed by atoms with Gasteiger partial charge in [0.05, 0.1) is 6.04 Å². The van der Waals surface area contributed by atoms with Gasteiger partial charge in [0.15, 0.2) is 0 Å². The van der Waals surface area contributed by atoms with Crippen LogP contribution in [0.25, 0.3) is 0 Å². The third-order valence-electron chi connectivity index (χ3n) is 4.90. The van der Waals surface area contributed by atoms with Crippen molar-refractivity contribution in [1.29, 1.82) is 0 Å². The number of aryl methyl sites for hydroxylation is 2. The molecule has 1 saturated heterocycles. The van der Waals surface area contributed by atoms with Crippen molar-refractivity contribution in [3.8, 4) is 0 Å². The molecule has 1 aromatic heterocycles. The summed E-state index contributed by atoms with van der Waals surface area (Å²) in [5.74, 6) is 0.362. The van der Waals surface area contributed by atoms with Crippen molar-refractivity contribution in [1.82, 2.24) is 15.1 Å². The minimum absolute atomic E-state index is 0.100. The predicted octanol–water partition coefficient (Wildman–Crippen LogP) is 1.80. The van der Waals surface area contributed by atoms with E-state index in [9.17, 15) is 9.59 Å². The van der Waals surface area contributed by atoms with E-state index in [4.69, 9.17) is 0 Å². The molecule has 2 heterocycles. The molecule has 1 N–H and O–H groups in total. The summed E-state index contributed by atoms with van der Waals surface area (Å²) in [4.78, 5) is 31.2. The summed E-state index contributed by atoms with van der Waals surface area (Å²) < 4.78 is 0. The average molecular weight is 350 g/mol. The normalized spacial score (nSPS) is 20.0. The molecule has 0 aromatic carbocycles. The minimum atomic E-state index is -0.100. The first kappa shape index (κ1) is 17.4. The van der Waals surface area contributed by atoms with Crippen molar-refractivity contribution >= 4 is 23.2 Å². The molecule has 1 aromatic rings. The number of amides is 2. The molecular formula is C18H27N3O2S. The van der Waals surface area contributed by atoms with E-state index in [1.165, 1.54) is 9.75 Å². The lowest BCUT2D eigenvalue weighted by Gasteiger charge is -2.37. The third kappa shape index (κ3) is 4.57. The van der Waals surface area contributed by atoms with E-state index in [0.29, 0.717) is 12.5 Å². The van der Waals surface area contributed by atoms with Crippen LogP contribution in [0.4, 0.5) is 0 Å². The summed E-state index contributed by atoms with van der Waals surface area (Å²) in [6, 6.07) is 4.53. The number of nitrogens with zero attached hydrogens (tertiary/aromatic N) is 2. The Morgan fingerprint density at radius 1 is 1.25 bits per heavy atom. The van der Waals surface area contributed by atoms with Crippen molar-refractivity contribution in [2.24, 2.45) is 0 Å². The van der Waals surface area contributed by atoms with Crippen LogP contribution >= 0.6 is 11.3 Å². The Balaban J connectivity index is 1.40. The maximum Gasteiger partial charge on any atom is 0.237 e. The SMILES string of the molecule is Cc1ccc(CCC(=O)N2CCN(C(C)C(=O)NC3CC3)CC2)s1. The van der Waals surface area contributed by atoms with Gasteiger partial charge in [0.1, 0.15) is 0 Å². The topological polar surface area (TPSA) is 52.7 Å². The van der Waals surface area contributed by atoms with Gasteiger partial charge in [0.2, 0.25) is 11.8 Å². The molecule has 2 fully saturated rings. The fourth-order valence-electron chi connectivity index (χ4n) is 3.08. The molecule has 1 aliphatic heterocycles. The Hall–Kier alpha value is -1.40. The van der Waals surface area contributed by atoms with E-state index in [0.717, 1.165) is 45.4 Å². The highest BCUT2D eigenvalue weighted by atomic mass is 32.1. The number of carbonyl (C=O) groups excluding carboxylic acids is 2. The first-order chi connectivity index (χ1) is 11.5. The van der Waals surface area contributed by atoms with Gasteiger partial charge < -0.3 is 10.2 Å². The summed E-state index contributed by atoms with van der Waals surface area (Å²) in [6.07, 6.45) is 3.64. The van der Waals surface area contributed by atoms with Crippen LogP contribution in [0.5, 0.6) is 0 Å². The van der Waals surface area contributed by atoms with Gasteiger partial charge in [-0.15, -0.1) is 11.3 Å². The molecule has 0 spiro atoms. The van der Waals surface area contributed by atoms with Gasteiger partial charge in [-0.05, 0) is 45.2 Å². The summed E-state index contributed by atoms with van der Waals surface area (Å²) in [7, 11) is 0. The van der Waals surface area contributed by atoms with Gasteiger partial charge in [-0.3, -0.25) is 14.5 Å². The Labute approximate surface area is 148 Å². The van der Waals surface area contributed by atoms with Gasteiger partial charge >= 0.3 is 0 Å². The maximum atomic E-state index is 12.4. The second-order valence-corrected chi connectivity index (χ2v) is 8.26. The zero-order chi connectivity index (χ0) is 17.1. The van der Waals surface area contributed by atoms with Crippen LogP contribution in [0.1, 0.15) is 35.9 Å². The molecule has 0 bridgehead atoms. The molecule has 1 atom stereocenters. The second-order valence-electron chi connectivity index (χ2n) is 6.89. The van der Waals surface area contributed by atoms with Gasteiger partial charge in [-0.2, -0.15) is 0 Å². The van der Waals surface area contributed by atoms with E-state index in [1.807, 2.05) is 11.8 Å². The van der Waals surface area contributed by atoms with Crippen molar-refractivity contribution in [2.45, 2.75) is 51.6 Å². The molecule has 3 rings (SSSR count). The Morgan fingerprint density at radius 3 is 2.54 bits per heavy atom. The van der Waals surface area contributed by atoms with Crippen LogP contribution < -0.4 is 5.32 Å². The third-order valence-corrected chi connectivity index (χ3v) is 5.96. The molecule has 6 heteroatoms. The maximum absolute atomic E-state index is 12.4. The van der Waals surface area contributed by atoms with Crippen LogP contribution in [0.15, 0.2) is 12.1 Å². The zero-order valence-corrected chi connectivity index (χ0v) is 15.4. The molecule has 1 saturated carbocycles. The van der Waals surface area contributed by atoms with Crippen molar-refractivity contribution in [2.75, 3.05) is 26.2 Å². The van der Waals surface area contributed by atoms with E-state index < -0.39 is 0 Å². The van der Waals surface area contributed by atoms with Gasteiger partial charge in [0, 0.05) is 48.4 Å². The minimum Gasteiger partial charge on any atom is -0.352 e. The molecule has 1 aliphatic carbocycles. The van der Waals surface area contributed by atoms with E-state index >= 15 is 0 Å². The fourth-order valence-corrected chi connectivity index (χ4v) is 3.97. The van der Waals surface area contributed by atoms with Crippen LogP contribution in [0, 0.1) is 6.92 Å². The monoisotopic (exact) mass is 349 g/mol. The molecule has 24 heavy (non-hydrogen) atoms. The molecule has 0 radical (unpaired) electrons. The van der Waals surface area contributed by atoms with Gasteiger partial charge in [0.25, 0.3) is 0 Å². The Morgan fingerprint density at radius 2 is 1.96 bits per heavy atom. The number of hydrogen-bond donors (Lipinski definition) is 1. The summed E-state index contributed by atoms with van der Waals surface area (Å²) in [5, 5.41) is 3.07. The lowest BCUT2D eigenvalue weighted by molar-refractivity contribution is -0.134. The molecule has 2 amide bonds. The largest absolute Gasteiger partial charge is 0.352 e. The number of carbonyl (C=O) groups is 2. The van der Waals surface area contributed by atoms with E-state index in [1.54, 1.807) is 11.3 Å². The van der Waals surface area contributed by atoms with Crippen LogP contribution in [-0.4, -0.2) is 59.9 Å². The second kappa shape index (κ2) is 7.66. The average Bonchev–Trinajstić information content (AvgIpc) is 3.31. The number of rotatable bonds is 6. The Bertz CT molecular complexity index is 589. The molecule has 1 unspecified atom stereocenters. The fraction of sp³-hybridized carbons (Fsp3) is 0.667. The smallest absolute Gasteiger partial charge is 0.237 e. The Kier molecular flexibility index (Phi) is 5.56. The van der Waals surface area contributed by atoms with Crippen LogP contribution in [-0.2, 0) is 16.0 Å². The zero-order valence-electron chi connectivity index (χ0n) is 14.6. The van der Waals surface area contributed by atoms with Gasteiger partial charge in [-0.1, -0.05) is 0 Å². The quantitative estimate of drug-likeness (QED) is 0.852. The first-order valence-electron chi connectivity index (χ1n) is 8.90. The van der Waals surface area contributed by atoms with Crippen molar-refractivity contribution in [3.63, 3.8) is 0 Å².